The van der Waals surface area contributed by atoms with Crippen molar-refractivity contribution in [3.05, 3.63) is 65.2 Å². The summed E-state index contributed by atoms with van der Waals surface area (Å²) < 4.78 is 44.5. The highest BCUT2D eigenvalue weighted by molar-refractivity contribution is 7.92. The summed E-state index contributed by atoms with van der Waals surface area (Å²) in [4.78, 5) is 12.6. The van der Waals surface area contributed by atoms with Gasteiger partial charge < -0.3 is 19.5 Å². The van der Waals surface area contributed by atoms with E-state index in [-0.39, 0.29) is 27.6 Å². The van der Waals surface area contributed by atoms with E-state index in [0.29, 0.717) is 22.2 Å². The van der Waals surface area contributed by atoms with Crippen molar-refractivity contribution in [1.29, 1.82) is 0 Å². The fourth-order valence-electron chi connectivity index (χ4n) is 3.06. The van der Waals surface area contributed by atoms with Crippen molar-refractivity contribution in [3.63, 3.8) is 0 Å². The molecule has 2 N–H and O–H groups in total. The first-order chi connectivity index (χ1) is 14.8. The Morgan fingerprint density at radius 1 is 0.968 bits per heavy atom. The summed E-state index contributed by atoms with van der Waals surface area (Å²) in [6.07, 6.45) is 0. The van der Waals surface area contributed by atoms with Gasteiger partial charge in [-0.05, 0) is 48.5 Å². The third kappa shape index (κ3) is 4.10. The quantitative estimate of drug-likeness (QED) is 0.580. The molecule has 0 saturated carbocycles. The second-order valence-corrected chi connectivity index (χ2v) is 8.62. The molecule has 1 amide bonds. The fourth-order valence-corrected chi connectivity index (χ4v) is 4.47. The molecule has 0 atom stereocenters. The molecule has 1 aliphatic heterocycles. The Kier molecular flexibility index (Phi) is 5.38. The molecule has 0 spiro atoms. The Balaban J connectivity index is 1.69. The fraction of sp³-hybridized carbons (Fsp3) is 0.0952. The molecule has 8 nitrogen and oxygen atoms in total. The van der Waals surface area contributed by atoms with Crippen LogP contribution in [-0.4, -0.2) is 28.5 Å². The van der Waals surface area contributed by atoms with Crippen LogP contribution in [-0.2, 0) is 10.0 Å². The van der Waals surface area contributed by atoms with Crippen LogP contribution in [0.2, 0.25) is 5.02 Å². The number of benzene rings is 3. The van der Waals surface area contributed by atoms with Crippen LogP contribution in [0.25, 0.3) is 0 Å². The zero-order valence-corrected chi connectivity index (χ0v) is 18.0. The topological polar surface area (TPSA) is 103 Å². The second-order valence-electron chi connectivity index (χ2n) is 6.53. The van der Waals surface area contributed by atoms with Crippen molar-refractivity contribution >= 4 is 38.9 Å². The lowest BCUT2D eigenvalue weighted by Gasteiger charge is -2.14. The number of hydrogen-bond acceptors (Lipinski definition) is 6. The zero-order chi connectivity index (χ0) is 22.2. The first-order valence-electron chi connectivity index (χ1n) is 8.98. The minimum atomic E-state index is -4.05. The number of amides is 1. The molecule has 10 heteroatoms. The van der Waals surface area contributed by atoms with Crippen molar-refractivity contribution in [2.45, 2.75) is 4.90 Å². The molecule has 3 aromatic rings. The maximum Gasteiger partial charge on any atom is 0.265 e. The lowest BCUT2D eigenvalue weighted by Crippen LogP contribution is -2.15. The van der Waals surface area contributed by atoms with Crippen molar-refractivity contribution in [3.8, 4) is 23.0 Å². The molecule has 0 aromatic heterocycles. The average Bonchev–Trinajstić information content (AvgIpc) is 2.88. The molecule has 160 valence electrons. The van der Waals surface area contributed by atoms with Gasteiger partial charge in [0.25, 0.3) is 15.9 Å². The van der Waals surface area contributed by atoms with Gasteiger partial charge in [-0.3, -0.25) is 9.52 Å². The molecule has 31 heavy (non-hydrogen) atoms. The third-order valence-electron chi connectivity index (χ3n) is 4.55. The van der Waals surface area contributed by atoms with Gasteiger partial charge in [0.15, 0.2) is 5.75 Å². The van der Waals surface area contributed by atoms with Gasteiger partial charge in [0.1, 0.15) is 22.1 Å². The Morgan fingerprint density at radius 2 is 1.74 bits per heavy atom. The SMILES string of the molecule is COc1ccc(OC)c(S(=O)(=O)Nc2ccc3c(c2)C(=O)Nc2cc(Cl)ccc2O3)c1. The van der Waals surface area contributed by atoms with Gasteiger partial charge in [0, 0.05) is 16.8 Å². The highest BCUT2D eigenvalue weighted by atomic mass is 35.5. The molecule has 1 aliphatic rings. The van der Waals surface area contributed by atoms with Crippen LogP contribution in [0.1, 0.15) is 10.4 Å². The number of ether oxygens (including phenoxy) is 3. The maximum atomic E-state index is 13.0. The Hall–Kier alpha value is -3.43. The normalized spacial score (nSPS) is 12.5. The molecule has 3 aromatic carbocycles. The zero-order valence-electron chi connectivity index (χ0n) is 16.4. The molecule has 0 unspecified atom stereocenters. The van der Waals surface area contributed by atoms with Gasteiger partial charge in [0.2, 0.25) is 0 Å². The highest BCUT2D eigenvalue weighted by Crippen LogP contribution is 2.38. The number of sulfonamides is 1. The van der Waals surface area contributed by atoms with E-state index in [1.54, 1.807) is 24.3 Å². The van der Waals surface area contributed by atoms with Crippen molar-refractivity contribution in [1.82, 2.24) is 0 Å². The van der Waals surface area contributed by atoms with E-state index in [9.17, 15) is 13.2 Å². The summed E-state index contributed by atoms with van der Waals surface area (Å²) in [5, 5.41) is 3.15. The number of rotatable bonds is 5. The summed E-state index contributed by atoms with van der Waals surface area (Å²) in [6, 6.07) is 13.7. The monoisotopic (exact) mass is 460 g/mol. The van der Waals surface area contributed by atoms with Gasteiger partial charge >= 0.3 is 0 Å². The molecule has 0 aliphatic carbocycles. The van der Waals surface area contributed by atoms with Crippen molar-refractivity contribution in [2.24, 2.45) is 0 Å². The van der Waals surface area contributed by atoms with Crippen LogP contribution in [0.3, 0.4) is 0 Å². The highest BCUT2D eigenvalue weighted by Gasteiger charge is 2.24. The predicted molar refractivity (Wildman–Crippen MR) is 116 cm³/mol. The number of anilines is 2. The van der Waals surface area contributed by atoms with E-state index in [1.807, 2.05) is 0 Å². The van der Waals surface area contributed by atoms with E-state index >= 15 is 0 Å². The molecule has 0 bridgehead atoms. The van der Waals surface area contributed by atoms with Crippen LogP contribution < -0.4 is 24.2 Å². The number of carbonyl (C=O) groups is 1. The molecule has 0 saturated heterocycles. The van der Waals surface area contributed by atoms with Crippen LogP contribution in [0.4, 0.5) is 11.4 Å². The number of hydrogen-bond donors (Lipinski definition) is 2. The smallest absolute Gasteiger partial charge is 0.265 e. The van der Waals surface area contributed by atoms with Gasteiger partial charge in [-0.25, -0.2) is 8.42 Å². The van der Waals surface area contributed by atoms with Crippen LogP contribution in [0.5, 0.6) is 23.0 Å². The standard InChI is InChI=1S/C21H17ClN2O6S/c1-28-14-5-8-19(29-2)20(11-14)31(26,27)24-13-4-7-17-15(10-13)21(25)23-16-9-12(22)3-6-18(16)30-17/h3-11,24H,1-2H3,(H,23,25). The summed E-state index contributed by atoms with van der Waals surface area (Å²) in [5.74, 6) is 0.742. The van der Waals surface area contributed by atoms with E-state index in [1.165, 1.54) is 44.6 Å². The molecule has 0 radical (unpaired) electrons. The summed E-state index contributed by atoms with van der Waals surface area (Å²) in [6.45, 7) is 0. The van der Waals surface area contributed by atoms with E-state index in [4.69, 9.17) is 25.8 Å². The summed E-state index contributed by atoms with van der Waals surface area (Å²) >= 11 is 5.99. The minimum Gasteiger partial charge on any atom is -0.497 e. The Labute approximate surface area is 183 Å². The lowest BCUT2D eigenvalue weighted by atomic mass is 10.1. The van der Waals surface area contributed by atoms with E-state index in [0.717, 1.165) is 0 Å². The van der Waals surface area contributed by atoms with E-state index in [2.05, 4.69) is 10.0 Å². The number of fused-ring (bicyclic) bond motifs is 2. The molecule has 1 heterocycles. The van der Waals surface area contributed by atoms with Crippen LogP contribution in [0.15, 0.2) is 59.5 Å². The van der Waals surface area contributed by atoms with Gasteiger partial charge in [0.05, 0.1) is 25.5 Å². The number of carbonyl (C=O) groups excluding carboxylic acids is 1. The maximum absolute atomic E-state index is 13.0. The molecular formula is C21H17ClN2O6S. The van der Waals surface area contributed by atoms with Gasteiger partial charge in [-0.1, -0.05) is 11.6 Å². The number of halogens is 1. The molecule has 4 rings (SSSR count). The van der Waals surface area contributed by atoms with Crippen molar-refractivity contribution < 1.29 is 27.4 Å². The molecular weight excluding hydrogens is 444 g/mol. The third-order valence-corrected chi connectivity index (χ3v) is 6.18. The van der Waals surface area contributed by atoms with Gasteiger partial charge in [-0.15, -0.1) is 0 Å². The Morgan fingerprint density at radius 3 is 2.48 bits per heavy atom. The summed E-state index contributed by atoms with van der Waals surface area (Å²) in [7, 11) is -1.24. The first kappa shape index (κ1) is 20.8. The van der Waals surface area contributed by atoms with E-state index < -0.39 is 15.9 Å². The molecule has 0 fully saturated rings. The van der Waals surface area contributed by atoms with Gasteiger partial charge in [-0.2, -0.15) is 0 Å². The lowest BCUT2D eigenvalue weighted by molar-refractivity contribution is 0.102. The van der Waals surface area contributed by atoms with Crippen LogP contribution >= 0.6 is 11.6 Å². The Bertz CT molecular complexity index is 1290. The summed E-state index contributed by atoms with van der Waals surface area (Å²) in [5.41, 5.74) is 0.744. The largest absolute Gasteiger partial charge is 0.497 e. The van der Waals surface area contributed by atoms with Crippen molar-refractivity contribution in [2.75, 3.05) is 24.3 Å². The second kappa shape index (κ2) is 8.01. The number of nitrogens with one attached hydrogen (secondary N) is 2. The number of methoxy groups -OCH3 is 2. The van der Waals surface area contributed by atoms with Crippen LogP contribution in [0, 0.1) is 0 Å². The minimum absolute atomic E-state index is 0.105. The average molecular weight is 461 g/mol. The first-order valence-corrected chi connectivity index (χ1v) is 10.8. The predicted octanol–water partition coefficient (Wildman–Crippen LogP) is 4.52.